The molecule has 5 heteroatoms. The molecule has 0 unspecified atom stereocenters. The molecule has 122 valence electrons. The molecule has 0 amide bonds. The van der Waals surface area contributed by atoms with Gasteiger partial charge in [0.1, 0.15) is 0 Å². The number of halogens is 1. The highest BCUT2D eigenvalue weighted by molar-refractivity contribution is 9.10. The van der Waals surface area contributed by atoms with Crippen LogP contribution in [0.4, 0.5) is 0 Å². The third kappa shape index (κ3) is 3.19. The summed E-state index contributed by atoms with van der Waals surface area (Å²) in [6, 6.07) is 23.4. The average molecular weight is 392 g/mol. The van der Waals surface area contributed by atoms with Crippen molar-refractivity contribution in [2.45, 2.75) is 0 Å². The zero-order chi connectivity index (χ0) is 17.2. The van der Waals surface area contributed by atoms with E-state index >= 15 is 0 Å². The van der Waals surface area contributed by atoms with Crippen LogP contribution in [0.3, 0.4) is 0 Å². The molecule has 0 spiro atoms. The molecular weight excluding hydrogens is 378 g/mol. The zero-order valence-electron chi connectivity index (χ0n) is 13.2. The number of pyridine rings is 1. The molecule has 2 aromatic heterocycles. The van der Waals surface area contributed by atoms with Crippen LogP contribution in [0.15, 0.2) is 83.5 Å². The number of aromatic nitrogens is 3. The van der Waals surface area contributed by atoms with E-state index in [1.165, 1.54) is 4.68 Å². The first-order valence-electron chi connectivity index (χ1n) is 7.77. The normalized spacial score (nSPS) is 10.8. The van der Waals surface area contributed by atoms with Crippen LogP contribution in [-0.2, 0) is 0 Å². The second-order valence-corrected chi connectivity index (χ2v) is 6.49. The Hall–Kier alpha value is -2.92. The van der Waals surface area contributed by atoms with Crippen molar-refractivity contribution >= 4 is 15.9 Å². The quantitative estimate of drug-likeness (QED) is 0.530. The summed E-state index contributed by atoms with van der Waals surface area (Å²) in [6.07, 6.45) is 1.67. The molecule has 0 saturated carbocycles. The fourth-order valence-electron chi connectivity index (χ4n) is 2.64. The maximum absolute atomic E-state index is 10.2. The van der Waals surface area contributed by atoms with Crippen LogP contribution in [0.1, 0.15) is 0 Å². The molecule has 4 aromatic rings. The van der Waals surface area contributed by atoms with Gasteiger partial charge in [-0.25, -0.2) is 4.98 Å². The lowest BCUT2D eigenvalue weighted by Gasteiger charge is -2.03. The van der Waals surface area contributed by atoms with E-state index in [0.717, 1.165) is 21.2 Å². The average Bonchev–Trinajstić information content (AvgIpc) is 3.05. The van der Waals surface area contributed by atoms with Crippen LogP contribution >= 0.6 is 15.9 Å². The molecule has 25 heavy (non-hydrogen) atoms. The van der Waals surface area contributed by atoms with E-state index in [2.05, 4.69) is 50.3 Å². The first-order valence-corrected chi connectivity index (χ1v) is 8.57. The Morgan fingerprint density at radius 2 is 1.44 bits per heavy atom. The SMILES string of the molecule is Oc1cc(-c2ccc(-c3ccc(Br)cc3)cc2)nn1-c1ccccn1. The van der Waals surface area contributed by atoms with Crippen molar-refractivity contribution in [3.63, 3.8) is 0 Å². The Bertz CT molecular complexity index is 994. The largest absolute Gasteiger partial charge is 0.493 e. The van der Waals surface area contributed by atoms with Crippen LogP contribution in [0.5, 0.6) is 5.88 Å². The fourth-order valence-corrected chi connectivity index (χ4v) is 2.90. The highest BCUT2D eigenvalue weighted by Gasteiger charge is 2.11. The summed E-state index contributed by atoms with van der Waals surface area (Å²) in [5.41, 5.74) is 3.91. The van der Waals surface area contributed by atoms with Gasteiger partial charge in [0, 0.05) is 22.3 Å². The molecule has 0 aliphatic carbocycles. The van der Waals surface area contributed by atoms with Crippen molar-refractivity contribution in [3.05, 3.63) is 83.5 Å². The van der Waals surface area contributed by atoms with Crippen LogP contribution in [0, 0.1) is 0 Å². The molecule has 1 N–H and O–H groups in total. The molecule has 2 heterocycles. The van der Waals surface area contributed by atoms with E-state index in [9.17, 15) is 5.11 Å². The highest BCUT2D eigenvalue weighted by atomic mass is 79.9. The molecule has 4 nitrogen and oxygen atoms in total. The van der Waals surface area contributed by atoms with Crippen molar-refractivity contribution < 1.29 is 5.11 Å². The van der Waals surface area contributed by atoms with E-state index in [1.54, 1.807) is 18.3 Å². The van der Waals surface area contributed by atoms with Crippen LogP contribution in [0.25, 0.3) is 28.2 Å². The number of rotatable bonds is 3. The van der Waals surface area contributed by atoms with Crippen molar-refractivity contribution in [2.24, 2.45) is 0 Å². The summed E-state index contributed by atoms with van der Waals surface area (Å²) in [5.74, 6) is 0.642. The first kappa shape index (κ1) is 15.6. The Morgan fingerprint density at radius 3 is 2.08 bits per heavy atom. The lowest BCUT2D eigenvalue weighted by atomic mass is 10.0. The van der Waals surface area contributed by atoms with Crippen LogP contribution in [-0.4, -0.2) is 19.9 Å². The maximum atomic E-state index is 10.2. The smallest absolute Gasteiger partial charge is 0.216 e. The third-order valence-electron chi connectivity index (χ3n) is 3.92. The number of nitrogens with zero attached hydrogens (tertiary/aromatic N) is 3. The van der Waals surface area contributed by atoms with Gasteiger partial charge in [-0.1, -0.05) is 58.4 Å². The second-order valence-electron chi connectivity index (χ2n) is 5.57. The summed E-state index contributed by atoms with van der Waals surface area (Å²) in [5, 5.41) is 14.6. The van der Waals surface area contributed by atoms with Gasteiger partial charge in [-0.15, -0.1) is 0 Å². The molecule has 0 aliphatic heterocycles. The van der Waals surface area contributed by atoms with Gasteiger partial charge >= 0.3 is 0 Å². The monoisotopic (exact) mass is 391 g/mol. The lowest BCUT2D eigenvalue weighted by molar-refractivity contribution is 0.432. The van der Waals surface area contributed by atoms with Crippen molar-refractivity contribution in [1.29, 1.82) is 0 Å². The molecule has 0 atom stereocenters. The topological polar surface area (TPSA) is 50.9 Å². The van der Waals surface area contributed by atoms with Gasteiger partial charge in [0.05, 0.1) is 5.69 Å². The van der Waals surface area contributed by atoms with Gasteiger partial charge in [-0.2, -0.15) is 9.78 Å². The number of hydrogen-bond donors (Lipinski definition) is 1. The molecule has 4 rings (SSSR count). The summed E-state index contributed by atoms with van der Waals surface area (Å²) in [7, 11) is 0. The van der Waals surface area contributed by atoms with Gasteiger partial charge in [0.2, 0.25) is 5.88 Å². The third-order valence-corrected chi connectivity index (χ3v) is 4.44. The predicted octanol–water partition coefficient (Wildman–Crippen LogP) is 5.07. The molecule has 0 aliphatic rings. The molecule has 2 aromatic carbocycles. The number of benzene rings is 2. The molecule has 0 radical (unpaired) electrons. The Balaban J connectivity index is 1.66. The molecule has 0 saturated heterocycles. The zero-order valence-corrected chi connectivity index (χ0v) is 14.8. The Kier molecular flexibility index (Phi) is 4.07. The van der Waals surface area contributed by atoms with Gasteiger partial charge in [0.25, 0.3) is 0 Å². The van der Waals surface area contributed by atoms with E-state index in [-0.39, 0.29) is 5.88 Å². The summed E-state index contributed by atoms with van der Waals surface area (Å²) in [6.45, 7) is 0. The van der Waals surface area contributed by atoms with Crippen LogP contribution < -0.4 is 0 Å². The predicted molar refractivity (Wildman–Crippen MR) is 102 cm³/mol. The second kappa shape index (κ2) is 6.53. The minimum atomic E-state index is 0.0608. The van der Waals surface area contributed by atoms with E-state index in [4.69, 9.17) is 0 Å². The first-order chi connectivity index (χ1) is 12.2. The van der Waals surface area contributed by atoms with Crippen LogP contribution in [0.2, 0.25) is 0 Å². The molecule has 0 fully saturated rings. The van der Waals surface area contributed by atoms with Gasteiger partial charge < -0.3 is 5.11 Å². The molecule has 0 bridgehead atoms. The van der Waals surface area contributed by atoms with E-state index in [1.807, 2.05) is 36.4 Å². The highest BCUT2D eigenvalue weighted by Crippen LogP contribution is 2.28. The van der Waals surface area contributed by atoms with Crippen molar-refractivity contribution in [2.75, 3.05) is 0 Å². The van der Waals surface area contributed by atoms with E-state index in [0.29, 0.717) is 11.5 Å². The minimum Gasteiger partial charge on any atom is -0.493 e. The maximum Gasteiger partial charge on any atom is 0.216 e. The molecular formula is C20H14BrN3O. The van der Waals surface area contributed by atoms with Crippen molar-refractivity contribution in [1.82, 2.24) is 14.8 Å². The van der Waals surface area contributed by atoms with Gasteiger partial charge in [-0.3, -0.25) is 0 Å². The number of hydrogen-bond acceptors (Lipinski definition) is 3. The summed E-state index contributed by atoms with van der Waals surface area (Å²) in [4.78, 5) is 4.21. The minimum absolute atomic E-state index is 0.0608. The fraction of sp³-hybridized carbons (Fsp3) is 0. The van der Waals surface area contributed by atoms with E-state index < -0.39 is 0 Å². The van der Waals surface area contributed by atoms with Gasteiger partial charge in [-0.05, 0) is 35.4 Å². The van der Waals surface area contributed by atoms with Crippen molar-refractivity contribution in [3.8, 4) is 34.1 Å². The van der Waals surface area contributed by atoms with Gasteiger partial charge in [0.15, 0.2) is 5.82 Å². The lowest BCUT2D eigenvalue weighted by Crippen LogP contribution is -1.98. The summed E-state index contributed by atoms with van der Waals surface area (Å²) >= 11 is 3.45. The Labute approximate surface area is 153 Å². The number of aromatic hydroxyl groups is 1. The summed E-state index contributed by atoms with van der Waals surface area (Å²) < 4.78 is 2.49. The standard InChI is InChI=1S/C20H14BrN3O/c21-17-10-8-15(9-11-17)14-4-6-16(7-5-14)18-13-20(25)24(23-18)19-3-1-2-12-22-19/h1-13,25H. The Morgan fingerprint density at radius 1 is 0.800 bits per heavy atom.